The highest BCUT2D eigenvalue weighted by Gasteiger charge is 2.56. The van der Waals surface area contributed by atoms with Gasteiger partial charge in [-0.25, -0.2) is 0 Å². The number of hydrogen-bond donors (Lipinski definition) is 2. The van der Waals surface area contributed by atoms with E-state index in [1.165, 1.54) is 6.92 Å². The maximum atomic E-state index is 13.2. The number of aliphatic hydroxyl groups excluding tert-OH is 1. The summed E-state index contributed by atoms with van der Waals surface area (Å²) in [5, 5.41) is 13.2. The van der Waals surface area contributed by atoms with E-state index in [0.717, 1.165) is 11.3 Å². The average Bonchev–Trinajstić information content (AvgIpc) is 3.31. The summed E-state index contributed by atoms with van der Waals surface area (Å²) in [7, 11) is 0. The molecule has 0 aliphatic carbocycles. The van der Waals surface area contributed by atoms with Crippen LogP contribution in [0.1, 0.15) is 36.7 Å². The lowest BCUT2D eigenvalue weighted by molar-refractivity contribution is -0.140. The third-order valence-electron chi connectivity index (χ3n) is 6.64. The molecule has 7 heteroatoms. The van der Waals surface area contributed by atoms with Crippen LogP contribution < -0.4 is 10.9 Å². The highest BCUT2D eigenvalue weighted by atomic mass is 16.3. The second-order valence-corrected chi connectivity index (χ2v) is 8.48. The van der Waals surface area contributed by atoms with Crippen molar-refractivity contribution in [2.45, 2.75) is 38.9 Å². The maximum absolute atomic E-state index is 13.2. The molecule has 1 aromatic carbocycles. The first-order valence-electron chi connectivity index (χ1n) is 11.1. The fourth-order valence-electron chi connectivity index (χ4n) is 5.25. The molecule has 3 heterocycles. The Morgan fingerprint density at radius 1 is 1.19 bits per heavy atom. The summed E-state index contributed by atoms with van der Waals surface area (Å²) in [6, 6.07) is 12.3. The molecule has 1 aromatic heterocycles. The molecule has 2 aliphatic heterocycles. The molecule has 168 valence electrons. The molecule has 2 amide bonds. The number of benzene rings is 1. The molecule has 32 heavy (non-hydrogen) atoms. The molecule has 7 nitrogen and oxygen atoms in total. The fourth-order valence-corrected chi connectivity index (χ4v) is 5.25. The minimum Gasteiger partial charge on any atom is -0.396 e. The molecule has 1 fully saturated rings. The number of nitrogens with one attached hydrogen (secondary N) is 1. The lowest BCUT2D eigenvalue weighted by Crippen LogP contribution is -2.50. The fraction of sp³-hybridized carbons (Fsp3) is 0.400. The van der Waals surface area contributed by atoms with Gasteiger partial charge in [0.25, 0.3) is 5.56 Å². The summed E-state index contributed by atoms with van der Waals surface area (Å²) in [5.41, 5.74) is 2.31. The Morgan fingerprint density at radius 2 is 1.94 bits per heavy atom. The van der Waals surface area contributed by atoms with Crippen molar-refractivity contribution in [1.29, 1.82) is 0 Å². The third kappa shape index (κ3) is 3.77. The molecule has 0 saturated carbocycles. The topological polar surface area (TPSA) is 91.6 Å². The Balaban J connectivity index is 1.60. The van der Waals surface area contributed by atoms with Gasteiger partial charge >= 0.3 is 0 Å². The number of likely N-dealkylation sites (tertiary alicyclic amines) is 1. The molecule has 2 aliphatic rings. The van der Waals surface area contributed by atoms with Gasteiger partial charge in [-0.2, -0.15) is 0 Å². The normalized spacial score (nSPS) is 23.9. The van der Waals surface area contributed by atoms with Crippen molar-refractivity contribution in [3.63, 3.8) is 0 Å². The Bertz CT molecular complexity index is 1090. The van der Waals surface area contributed by atoms with Crippen LogP contribution in [0.25, 0.3) is 6.08 Å². The van der Waals surface area contributed by atoms with Crippen LogP contribution in [-0.2, 0) is 22.6 Å². The first-order valence-corrected chi connectivity index (χ1v) is 11.1. The van der Waals surface area contributed by atoms with Crippen LogP contribution in [0.2, 0.25) is 0 Å². The number of allylic oxidation sites excluding steroid dienone is 1. The number of carbonyl (C=O) groups excluding carboxylic acids is 2. The van der Waals surface area contributed by atoms with Crippen LogP contribution >= 0.6 is 0 Å². The van der Waals surface area contributed by atoms with Gasteiger partial charge in [0.2, 0.25) is 11.8 Å². The van der Waals surface area contributed by atoms with Gasteiger partial charge in [0.05, 0.1) is 6.04 Å². The van der Waals surface area contributed by atoms with Gasteiger partial charge in [-0.1, -0.05) is 42.5 Å². The first-order chi connectivity index (χ1) is 15.5. The second-order valence-electron chi connectivity index (χ2n) is 8.48. The van der Waals surface area contributed by atoms with E-state index in [9.17, 15) is 19.5 Å². The third-order valence-corrected chi connectivity index (χ3v) is 6.64. The highest BCUT2D eigenvalue weighted by Crippen LogP contribution is 2.49. The van der Waals surface area contributed by atoms with Gasteiger partial charge in [0.1, 0.15) is 6.04 Å². The van der Waals surface area contributed by atoms with E-state index in [1.54, 1.807) is 21.6 Å². The summed E-state index contributed by atoms with van der Waals surface area (Å²) < 4.78 is 1.69. The van der Waals surface area contributed by atoms with Gasteiger partial charge in [-0.05, 0) is 31.0 Å². The first kappa shape index (κ1) is 22.0. The van der Waals surface area contributed by atoms with Crippen molar-refractivity contribution in [1.82, 2.24) is 14.8 Å². The predicted molar refractivity (Wildman–Crippen MR) is 122 cm³/mol. The zero-order valence-corrected chi connectivity index (χ0v) is 18.4. The molecule has 2 N–H and O–H groups in total. The van der Waals surface area contributed by atoms with Crippen LogP contribution in [-0.4, -0.2) is 45.6 Å². The molecule has 4 atom stereocenters. The number of amides is 2. The summed E-state index contributed by atoms with van der Waals surface area (Å²) >= 11 is 0. The molecule has 0 spiro atoms. The molecule has 0 bridgehead atoms. The number of pyridine rings is 1. The van der Waals surface area contributed by atoms with Gasteiger partial charge in [-0.3, -0.25) is 14.4 Å². The summed E-state index contributed by atoms with van der Waals surface area (Å²) in [5.74, 6) is -1.13. The lowest BCUT2D eigenvalue weighted by atomic mass is 9.88. The number of rotatable bonds is 6. The van der Waals surface area contributed by atoms with Gasteiger partial charge < -0.3 is 19.9 Å². The van der Waals surface area contributed by atoms with Crippen molar-refractivity contribution in [3.05, 3.63) is 75.7 Å². The van der Waals surface area contributed by atoms with Crippen LogP contribution in [0.15, 0.2) is 53.3 Å². The number of carbonyl (C=O) groups is 2. The largest absolute Gasteiger partial charge is 0.396 e. The van der Waals surface area contributed by atoms with E-state index in [-0.39, 0.29) is 29.9 Å². The Kier molecular flexibility index (Phi) is 6.28. The monoisotopic (exact) mass is 435 g/mol. The number of hydrogen-bond acceptors (Lipinski definition) is 4. The summed E-state index contributed by atoms with van der Waals surface area (Å²) in [4.78, 5) is 40.3. The number of nitrogens with zero attached hydrogens (tertiary/aromatic N) is 2. The minimum absolute atomic E-state index is 0.112. The molecular weight excluding hydrogens is 406 g/mol. The Hall–Kier alpha value is -3.19. The van der Waals surface area contributed by atoms with Crippen LogP contribution in [0, 0.1) is 11.8 Å². The molecule has 4 rings (SSSR count). The average molecular weight is 436 g/mol. The van der Waals surface area contributed by atoms with E-state index in [1.807, 2.05) is 49.4 Å². The minimum atomic E-state index is -0.762. The van der Waals surface area contributed by atoms with E-state index in [4.69, 9.17) is 0 Å². The van der Waals surface area contributed by atoms with E-state index < -0.39 is 18.0 Å². The second kappa shape index (κ2) is 9.12. The standard InChI is InChI=1S/C25H29N3O4/c1-3-7-18-10-11-21-22-19(14-27(21)25(18)32)20(15-29)23(28(22)16(2)30)24(31)26-13-12-17-8-5-4-6-9-17/h3-11,19-20,22-23,29H,12-15H2,1-2H3,(H,26,31)/b7-3+/t19-,20-,22+,23-/m0/s1. The van der Waals surface area contributed by atoms with Crippen LogP contribution in [0.4, 0.5) is 0 Å². The maximum Gasteiger partial charge on any atom is 0.258 e. The van der Waals surface area contributed by atoms with Crippen LogP contribution in [0.3, 0.4) is 0 Å². The Morgan fingerprint density at radius 3 is 2.59 bits per heavy atom. The van der Waals surface area contributed by atoms with E-state index in [0.29, 0.717) is 25.1 Å². The number of aliphatic hydroxyl groups is 1. The van der Waals surface area contributed by atoms with E-state index >= 15 is 0 Å². The van der Waals surface area contributed by atoms with E-state index in [2.05, 4.69) is 5.32 Å². The van der Waals surface area contributed by atoms with Gasteiger partial charge in [0.15, 0.2) is 0 Å². The van der Waals surface area contributed by atoms with Gasteiger partial charge in [-0.15, -0.1) is 0 Å². The SMILES string of the molecule is C/C=C/c1ccc2n(c1=O)C[C@H]1[C@H](CO)[C@@H](C(=O)NCCc3ccccc3)N(C(C)=O)[C@@H]21. The summed E-state index contributed by atoms with van der Waals surface area (Å²) in [6.45, 7) is 3.89. The zero-order chi connectivity index (χ0) is 22.8. The quantitative estimate of drug-likeness (QED) is 0.723. The zero-order valence-electron chi connectivity index (χ0n) is 18.4. The predicted octanol–water partition coefficient (Wildman–Crippen LogP) is 1.75. The molecule has 0 unspecified atom stereocenters. The summed E-state index contributed by atoms with van der Waals surface area (Å²) in [6.07, 6.45) is 4.26. The molecule has 1 saturated heterocycles. The van der Waals surface area contributed by atoms with Crippen molar-refractivity contribution in [2.75, 3.05) is 13.2 Å². The smallest absolute Gasteiger partial charge is 0.258 e. The molecule has 2 aromatic rings. The molecule has 0 radical (unpaired) electrons. The molecular formula is C25H29N3O4. The lowest BCUT2D eigenvalue weighted by Gasteiger charge is -2.30. The number of fused-ring (bicyclic) bond motifs is 3. The van der Waals surface area contributed by atoms with Crippen molar-refractivity contribution in [3.8, 4) is 0 Å². The van der Waals surface area contributed by atoms with Crippen LogP contribution in [0.5, 0.6) is 0 Å². The number of aromatic nitrogens is 1. The highest BCUT2D eigenvalue weighted by molar-refractivity contribution is 5.88. The van der Waals surface area contributed by atoms with Gasteiger partial charge in [0, 0.05) is 49.7 Å². The van der Waals surface area contributed by atoms with Crippen molar-refractivity contribution in [2.24, 2.45) is 11.8 Å². The van der Waals surface area contributed by atoms with Crippen molar-refractivity contribution < 1.29 is 14.7 Å². The Labute approximate surface area is 187 Å². The van der Waals surface area contributed by atoms with Crippen molar-refractivity contribution >= 4 is 17.9 Å².